The van der Waals surface area contributed by atoms with E-state index in [0.717, 1.165) is 6.29 Å². The van der Waals surface area contributed by atoms with E-state index in [9.17, 15) is 20.1 Å². The molecule has 5 nitrogen and oxygen atoms in total. The van der Waals surface area contributed by atoms with Gasteiger partial charge in [-0.3, -0.25) is 0 Å². The Labute approximate surface area is 122 Å². The minimum atomic E-state index is -0.417. The first kappa shape index (κ1) is 14.7. The summed E-state index contributed by atoms with van der Waals surface area (Å²) in [5, 5.41) is 29.2. The zero-order chi connectivity index (χ0) is 15.4. The number of hydrogen-bond acceptors (Lipinski definition) is 5. The summed E-state index contributed by atoms with van der Waals surface area (Å²) in [7, 11) is 1.45. The Morgan fingerprint density at radius 2 is 1.86 bits per heavy atom. The summed E-state index contributed by atoms with van der Waals surface area (Å²) < 4.78 is 4.98. The lowest BCUT2D eigenvalue weighted by Gasteiger charge is -2.18. The van der Waals surface area contributed by atoms with E-state index in [1.165, 1.54) is 25.3 Å². The molecule has 0 saturated heterocycles. The van der Waals surface area contributed by atoms with Gasteiger partial charge in [-0.15, -0.1) is 0 Å². The van der Waals surface area contributed by atoms with Crippen LogP contribution in [0, 0.1) is 0 Å². The zero-order valence-corrected chi connectivity index (χ0v) is 11.5. The van der Waals surface area contributed by atoms with E-state index in [1.807, 2.05) is 0 Å². The molecule has 0 aliphatic heterocycles. The highest BCUT2D eigenvalue weighted by molar-refractivity contribution is 5.57. The van der Waals surface area contributed by atoms with Crippen molar-refractivity contribution in [3.05, 3.63) is 47.5 Å². The van der Waals surface area contributed by atoms with Gasteiger partial charge in [0.2, 0.25) is 0 Å². The summed E-state index contributed by atoms with van der Waals surface area (Å²) in [4.78, 5) is 10.9. The predicted octanol–water partition coefficient (Wildman–Crippen LogP) is 2.53. The van der Waals surface area contributed by atoms with Crippen LogP contribution in [-0.2, 0) is 4.79 Å². The van der Waals surface area contributed by atoms with E-state index in [2.05, 4.69) is 0 Å². The number of phenolic OH excluding ortho intramolecular Hbond substituents is 3. The van der Waals surface area contributed by atoms with Crippen molar-refractivity contribution in [1.29, 1.82) is 0 Å². The molecular weight excluding hydrogens is 272 g/mol. The van der Waals surface area contributed by atoms with Crippen LogP contribution >= 0.6 is 0 Å². The van der Waals surface area contributed by atoms with Crippen molar-refractivity contribution in [3.8, 4) is 23.0 Å². The molecule has 21 heavy (non-hydrogen) atoms. The van der Waals surface area contributed by atoms with Crippen LogP contribution in [0.3, 0.4) is 0 Å². The van der Waals surface area contributed by atoms with Crippen LogP contribution < -0.4 is 4.74 Å². The molecule has 2 aromatic rings. The van der Waals surface area contributed by atoms with E-state index in [-0.39, 0.29) is 23.7 Å². The van der Waals surface area contributed by atoms with Gasteiger partial charge < -0.3 is 24.9 Å². The van der Waals surface area contributed by atoms with Gasteiger partial charge in [0.1, 0.15) is 17.8 Å². The molecule has 5 heteroatoms. The van der Waals surface area contributed by atoms with Crippen molar-refractivity contribution in [2.45, 2.75) is 12.3 Å². The molecule has 3 N–H and O–H groups in total. The SMILES string of the molecule is COc1ccc([C@H](CC=O)c2ccc(O)cc2O)cc1O. The molecule has 110 valence electrons. The third-order valence-corrected chi connectivity index (χ3v) is 3.33. The summed E-state index contributed by atoms with van der Waals surface area (Å²) in [5.41, 5.74) is 1.17. The van der Waals surface area contributed by atoms with Crippen molar-refractivity contribution in [2.24, 2.45) is 0 Å². The number of aldehydes is 1. The maximum absolute atomic E-state index is 10.9. The number of carbonyl (C=O) groups excluding carboxylic acids is 1. The molecular formula is C16H16O5. The van der Waals surface area contributed by atoms with Gasteiger partial charge in [0, 0.05) is 24.0 Å². The molecule has 0 unspecified atom stereocenters. The topological polar surface area (TPSA) is 87.0 Å². The summed E-state index contributed by atoms with van der Waals surface area (Å²) >= 11 is 0. The molecule has 0 amide bonds. The molecule has 0 saturated carbocycles. The third kappa shape index (κ3) is 3.08. The number of aromatic hydroxyl groups is 3. The molecule has 0 heterocycles. The number of benzene rings is 2. The fourth-order valence-corrected chi connectivity index (χ4v) is 2.29. The third-order valence-electron chi connectivity index (χ3n) is 3.33. The van der Waals surface area contributed by atoms with Crippen LogP contribution in [0.5, 0.6) is 23.0 Å². The Morgan fingerprint density at radius 1 is 1.10 bits per heavy atom. The summed E-state index contributed by atoms with van der Waals surface area (Å²) in [5.74, 6) is -0.279. The van der Waals surface area contributed by atoms with Crippen molar-refractivity contribution in [3.63, 3.8) is 0 Å². The van der Waals surface area contributed by atoms with E-state index in [0.29, 0.717) is 16.9 Å². The number of ether oxygens (including phenoxy) is 1. The van der Waals surface area contributed by atoms with Gasteiger partial charge >= 0.3 is 0 Å². The smallest absolute Gasteiger partial charge is 0.160 e. The monoisotopic (exact) mass is 288 g/mol. The molecule has 0 bridgehead atoms. The van der Waals surface area contributed by atoms with E-state index in [1.54, 1.807) is 18.2 Å². The second-order valence-electron chi connectivity index (χ2n) is 4.63. The maximum Gasteiger partial charge on any atom is 0.160 e. The Bertz CT molecular complexity index is 651. The molecule has 2 rings (SSSR count). The minimum absolute atomic E-state index is 0.0378. The van der Waals surface area contributed by atoms with Gasteiger partial charge in [0.25, 0.3) is 0 Å². The Kier molecular flexibility index (Phi) is 4.33. The maximum atomic E-state index is 10.9. The van der Waals surface area contributed by atoms with E-state index < -0.39 is 5.92 Å². The van der Waals surface area contributed by atoms with Crippen molar-refractivity contribution < 1.29 is 24.9 Å². The fraction of sp³-hybridized carbons (Fsp3) is 0.188. The highest BCUT2D eigenvalue weighted by Gasteiger charge is 2.19. The van der Waals surface area contributed by atoms with Crippen molar-refractivity contribution in [2.75, 3.05) is 7.11 Å². The van der Waals surface area contributed by atoms with Gasteiger partial charge in [0.15, 0.2) is 11.5 Å². The molecule has 0 aliphatic carbocycles. The molecule has 0 radical (unpaired) electrons. The van der Waals surface area contributed by atoms with Gasteiger partial charge in [-0.05, 0) is 23.8 Å². The summed E-state index contributed by atoms with van der Waals surface area (Å²) in [6.07, 6.45) is 0.891. The number of methoxy groups -OCH3 is 1. The summed E-state index contributed by atoms with van der Waals surface area (Å²) in [6, 6.07) is 9.03. The average Bonchev–Trinajstić information content (AvgIpc) is 2.45. The second-order valence-corrected chi connectivity index (χ2v) is 4.63. The number of phenols is 3. The second kappa shape index (κ2) is 6.17. The van der Waals surface area contributed by atoms with Gasteiger partial charge in [-0.1, -0.05) is 12.1 Å². The predicted molar refractivity (Wildman–Crippen MR) is 77.0 cm³/mol. The van der Waals surface area contributed by atoms with Crippen LogP contribution in [0.1, 0.15) is 23.5 Å². The van der Waals surface area contributed by atoms with Crippen LogP contribution in [0.4, 0.5) is 0 Å². The van der Waals surface area contributed by atoms with Crippen LogP contribution in [-0.4, -0.2) is 28.7 Å². The van der Waals surface area contributed by atoms with Gasteiger partial charge in [-0.2, -0.15) is 0 Å². The lowest BCUT2D eigenvalue weighted by Crippen LogP contribution is -2.02. The lowest BCUT2D eigenvalue weighted by atomic mass is 9.88. The van der Waals surface area contributed by atoms with Crippen molar-refractivity contribution in [1.82, 2.24) is 0 Å². The van der Waals surface area contributed by atoms with Crippen LogP contribution in [0.15, 0.2) is 36.4 Å². The van der Waals surface area contributed by atoms with Crippen LogP contribution in [0.2, 0.25) is 0 Å². The molecule has 0 fully saturated rings. The van der Waals surface area contributed by atoms with E-state index in [4.69, 9.17) is 4.74 Å². The fourth-order valence-electron chi connectivity index (χ4n) is 2.29. The van der Waals surface area contributed by atoms with Gasteiger partial charge in [-0.25, -0.2) is 0 Å². The Hall–Kier alpha value is -2.69. The summed E-state index contributed by atoms with van der Waals surface area (Å²) in [6.45, 7) is 0. The standard InChI is InChI=1S/C16H16O5/c1-21-16-5-2-10(8-15(16)20)12(6-7-17)13-4-3-11(18)9-14(13)19/h2-5,7-9,12,18-20H,6H2,1H3/t12-/m0/s1. The largest absolute Gasteiger partial charge is 0.508 e. The number of carbonyl (C=O) groups is 1. The van der Waals surface area contributed by atoms with E-state index >= 15 is 0 Å². The quantitative estimate of drug-likeness (QED) is 0.736. The van der Waals surface area contributed by atoms with Crippen molar-refractivity contribution >= 4 is 6.29 Å². The average molecular weight is 288 g/mol. The number of hydrogen-bond donors (Lipinski definition) is 3. The zero-order valence-electron chi connectivity index (χ0n) is 11.5. The highest BCUT2D eigenvalue weighted by atomic mass is 16.5. The number of rotatable bonds is 5. The lowest BCUT2D eigenvalue weighted by molar-refractivity contribution is -0.108. The molecule has 0 aromatic heterocycles. The molecule has 0 spiro atoms. The normalized spacial score (nSPS) is 11.9. The first-order valence-corrected chi connectivity index (χ1v) is 6.39. The highest BCUT2D eigenvalue weighted by Crippen LogP contribution is 2.38. The molecule has 1 atom stereocenters. The molecule has 2 aromatic carbocycles. The Balaban J connectivity index is 2.47. The molecule has 0 aliphatic rings. The Morgan fingerprint density at radius 3 is 2.43 bits per heavy atom. The first-order chi connectivity index (χ1) is 10.1. The minimum Gasteiger partial charge on any atom is -0.508 e. The first-order valence-electron chi connectivity index (χ1n) is 6.39. The van der Waals surface area contributed by atoms with Gasteiger partial charge in [0.05, 0.1) is 7.11 Å². The van der Waals surface area contributed by atoms with Crippen LogP contribution in [0.25, 0.3) is 0 Å².